The third-order valence-corrected chi connectivity index (χ3v) is 4.82. The van der Waals surface area contributed by atoms with E-state index in [-0.39, 0.29) is 23.2 Å². The number of nitrogens with one attached hydrogen (secondary N) is 1. The van der Waals surface area contributed by atoms with Crippen LogP contribution in [0.3, 0.4) is 0 Å². The minimum atomic E-state index is -0.519. The quantitative estimate of drug-likeness (QED) is 0.648. The number of benzene rings is 1. The molecule has 0 aliphatic rings. The van der Waals surface area contributed by atoms with E-state index >= 15 is 0 Å². The first-order valence-corrected chi connectivity index (χ1v) is 7.80. The molecule has 1 amide bonds. The smallest absolute Gasteiger partial charge is 0.270 e. The lowest BCUT2D eigenvalue weighted by Crippen LogP contribution is -2.26. The Morgan fingerprint density at radius 3 is 2.67 bits per heavy atom. The Balaban J connectivity index is 2.20. The van der Waals surface area contributed by atoms with E-state index in [1.54, 1.807) is 11.3 Å². The molecule has 7 heteroatoms. The molecule has 2 rings (SSSR count). The number of thiophene rings is 1. The number of amides is 1. The molecule has 0 aliphatic heterocycles. The van der Waals surface area contributed by atoms with Gasteiger partial charge in [0, 0.05) is 26.4 Å². The second kappa shape index (κ2) is 6.36. The molecule has 5 nitrogen and oxygen atoms in total. The lowest BCUT2D eigenvalue weighted by atomic mass is 10.1. The maximum absolute atomic E-state index is 12.3. The average molecular weight is 369 g/mol. The monoisotopic (exact) mass is 368 g/mol. The highest BCUT2D eigenvalue weighted by Gasteiger charge is 2.18. The van der Waals surface area contributed by atoms with Gasteiger partial charge < -0.3 is 5.32 Å². The van der Waals surface area contributed by atoms with Crippen molar-refractivity contribution >= 4 is 38.9 Å². The van der Waals surface area contributed by atoms with E-state index in [1.807, 2.05) is 26.0 Å². The average Bonchev–Trinajstić information content (AvgIpc) is 2.85. The summed E-state index contributed by atoms with van der Waals surface area (Å²) in [4.78, 5) is 24.8. The van der Waals surface area contributed by atoms with Crippen molar-refractivity contribution in [3.05, 3.63) is 60.2 Å². The minimum absolute atomic E-state index is 0.108. The zero-order valence-electron chi connectivity index (χ0n) is 11.4. The lowest BCUT2D eigenvalue weighted by Gasteiger charge is -2.13. The molecule has 0 bridgehead atoms. The van der Waals surface area contributed by atoms with Crippen molar-refractivity contribution in [3.8, 4) is 0 Å². The number of carbonyl (C=O) groups excluding carboxylic acids is 1. The van der Waals surface area contributed by atoms with E-state index < -0.39 is 4.92 Å². The molecule has 1 N–H and O–H groups in total. The summed E-state index contributed by atoms with van der Waals surface area (Å²) in [6.07, 6.45) is 0. The van der Waals surface area contributed by atoms with Gasteiger partial charge in [-0.3, -0.25) is 14.9 Å². The van der Waals surface area contributed by atoms with E-state index in [0.717, 1.165) is 4.88 Å². The molecule has 0 aliphatic carbocycles. The van der Waals surface area contributed by atoms with E-state index in [1.165, 1.54) is 23.1 Å². The summed E-state index contributed by atoms with van der Waals surface area (Å²) in [7, 11) is 0. The molecule has 1 aromatic carbocycles. The Labute approximate surface area is 134 Å². The highest BCUT2D eigenvalue weighted by atomic mass is 79.9. The van der Waals surface area contributed by atoms with Gasteiger partial charge in [-0.25, -0.2) is 0 Å². The number of non-ortho nitro benzene ring substituents is 1. The number of carbonyl (C=O) groups is 1. The van der Waals surface area contributed by atoms with Crippen LogP contribution in [0.25, 0.3) is 0 Å². The zero-order valence-corrected chi connectivity index (χ0v) is 13.8. The van der Waals surface area contributed by atoms with Gasteiger partial charge in [0.25, 0.3) is 11.6 Å². The summed E-state index contributed by atoms with van der Waals surface area (Å²) < 4.78 is 0.528. The fraction of sp³-hybridized carbons (Fsp3) is 0.214. The SMILES string of the molecule is Cc1ccc(C(C)NC(=O)c2cc([N+](=O)[O-])ccc2Br)s1. The summed E-state index contributed by atoms with van der Waals surface area (Å²) in [5.41, 5.74) is 0.146. The molecule has 110 valence electrons. The highest BCUT2D eigenvalue weighted by molar-refractivity contribution is 9.10. The van der Waals surface area contributed by atoms with E-state index in [9.17, 15) is 14.9 Å². The maximum Gasteiger partial charge on any atom is 0.270 e. The predicted octanol–water partition coefficient (Wildman–Crippen LogP) is 4.22. The van der Waals surface area contributed by atoms with Crippen LogP contribution in [-0.2, 0) is 0 Å². The Morgan fingerprint density at radius 1 is 1.38 bits per heavy atom. The number of nitro benzene ring substituents is 1. The van der Waals surface area contributed by atoms with Gasteiger partial charge in [0.2, 0.25) is 0 Å². The van der Waals surface area contributed by atoms with Gasteiger partial charge in [0.05, 0.1) is 16.5 Å². The third-order valence-electron chi connectivity index (χ3n) is 2.94. The summed E-state index contributed by atoms with van der Waals surface area (Å²) >= 11 is 4.86. The maximum atomic E-state index is 12.3. The van der Waals surface area contributed by atoms with Crippen LogP contribution in [0.1, 0.15) is 33.1 Å². The molecule has 0 saturated heterocycles. The Bertz CT molecular complexity index is 699. The third kappa shape index (κ3) is 3.68. The van der Waals surface area contributed by atoms with Crippen molar-refractivity contribution in [2.24, 2.45) is 0 Å². The Kier molecular flexibility index (Phi) is 4.74. The molecule has 0 fully saturated rings. The fourth-order valence-corrected chi connectivity index (χ4v) is 3.14. The molecule has 2 aromatic rings. The molecule has 1 heterocycles. The zero-order chi connectivity index (χ0) is 15.6. The molecule has 0 saturated carbocycles. The van der Waals surface area contributed by atoms with Crippen molar-refractivity contribution in [1.82, 2.24) is 5.32 Å². The summed E-state index contributed by atoms with van der Waals surface area (Å²) in [5, 5.41) is 13.6. The number of hydrogen-bond acceptors (Lipinski definition) is 4. The minimum Gasteiger partial charge on any atom is -0.345 e. The van der Waals surface area contributed by atoms with E-state index in [4.69, 9.17) is 0 Å². The van der Waals surface area contributed by atoms with Crippen LogP contribution in [0, 0.1) is 17.0 Å². The van der Waals surface area contributed by atoms with Crippen molar-refractivity contribution in [1.29, 1.82) is 0 Å². The van der Waals surface area contributed by atoms with E-state index in [2.05, 4.69) is 21.2 Å². The first-order valence-electron chi connectivity index (χ1n) is 6.19. The van der Waals surface area contributed by atoms with Crippen LogP contribution >= 0.6 is 27.3 Å². The molecule has 1 aromatic heterocycles. The number of rotatable bonds is 4. The van der Waals surface area contributed by atoms with Crippen molar-refractivity contribution in [3.63, 3.8) is 0 Å². The molecule has 1 atom stereocenters. The number of nitrogens with zero attached hydrogens (tertiary/aromatic N) is 1. The van der Waals surface area contributed by atoms with Gasteiger partial charge in [0.15, 0.2) is 0 Å². The van der Waals surface area contributed by atoms with Gasteiger partial charge in [-0.05, 0) is 48.0 Å². The Morgan fingerprint density at radius 2 is 2.10 bits per heavy atom. The topological polar surface area (TPSA) is 72.2 Å². The normalized spacial score (nSPS) is 12.0. The number of halogens is 1. The van der Waals surface area contributed by atoms with Crippen LogP contribution in [0.5, 0.6) is 0 Å². The van der Waals surface area contributed by atoms with Crippen LogP contribution in [0.15, 0.2) is 34.8 Å². The van der Waals surface area contributed by atoms with Gasteiger partial charge in [0.1, 0.15) is 0 Å². The van der Waals surface area contributed by atoms with Gasteiger partial charge in [-0.2, -0.15) is 0 Å². The first-order chi connectivity index (χ1) is 9.88. The van der Waals surface area contributed by atoms with Gasteiger partial charge in [-0.15, -0.1) is 11.3 Å². The van der Waals surface area contributed by atoms with Crippen molar-refractivity contribution in [2.75, 3.05) is 0 Å². The van der Waals surface area contributed by atoms with Crippen LogP contribution in [-0.4, -0.2) is 10.8 Å². The second-order valence-electron chi connectivity index (χ2n) is 4.56. The number of aryl methyl sites for hydroxylation is 1. The summed E-state index contributed by atoms with van der Waals surface area (Å²) in [6, 6.07) is 7.94. The van der Waals surface area contributed by atoms with Crippen LogP contribution < -0.4 is 5.32 Å². The Hall–Kier alpha value is -1.73. The van der Waals surface area contributed by atoms with E-state index in [0.29, 0.717) is 4.47 Å². The highest BCUT2D eigenvalue weighted by Crippen LogP contribution is 2.25. The molecule has 0 spiro atoms. The number of hydrogen-bond donors (Lipinski definition) is 1. The van der Waals surface area contributed by atoms with Crippen molar-refractivity contribution < 1.29 is 9.72 Å². The fourth-order valence-electron chi connectivity index (χ4n) is 1.83. The second-order valence-corrected chi connectivity index (χ2v) is 6.74. The summed E-state index contributed by atoms with van der Waals surface area (Å²) in [6.45, 7) is 3.88. The summed E-state index contributed by atoms with van der Waals surface area (Å²) in [5.74, 6) is -0.343. The standard InChI is InChI=1S/C14H13BrN2O3S/c1-8-3-6-13(21-8)9(2)16-14(18)11-7-10(17(19)20)4-5-12(11)15/h3-7,9H,1-2H3,(H,16,18). The van der Waals surface area contributed by atoms with Gasteiger partial charge >= 0.3 is 0 Å². The molecule has 1 unspecified atom stereocenters. The largest absolute Gasteiger partial charge is 0.345 e. The predicted molar refractivity (Wildman–Crippen MR) is 85.7 cm³/mol. The lowest BCUT2D eigenvalue weighted by molar-refractivity contribution is -0.384. The molecular formula is C14H13BrN2O3S. The van der Waals surface area contributed by atoms with Crippen molar-refractivity contribution in [2.45, 2.75) is 19.9 Å². The molecule has 21 heavy (non-hydrogen) atoms. The first kappa shape index (κ1) is 15.7. The van der Waals surface area contributed by atoms with Crippen LogP contribution in [0.2, 0.25) is 0 Å². The number of nitro groups is 1. The molecular weight excluding hydrogens is 356 g/mol. The molecule has 0 radical (unpaired) electrons. The van der Waals surface area contributed by atoms with Gasteiger partial charge in [-0.1, -0.05) is 0 Å². The van der Waals surface area contributed by atoms with Crippen LogP contribution in [0.4, 0.5) is 5.69 Å².